The predicted molar refractivity (Wildman–Crippen MR) is 99.6 cm³/mol. The highest BCUT2D eigenvalue weighted by molar-refractivity contribution is 6.45. The number of amides is 2. The Kier molecular flexibility index (Phi) is 4.96. The molecule has 0 aromatic heterocycles. The van der Waals surface area contributed by atoms with E-state index in [1.165, 1.54) is 39.5 Å². The van der Waals surface area contributed by atoms with Gasteiger partial charge < -0.3 is 19.3 Å². The van der Waals surface area contributed by atoms with Crippen molar-refractivity contribution in [3.05, 3.63) is 52.7 Å². The summed E-state index contributed by atoms with van der Waals surface area (Å²) in [5, 5.41) is 10.7. The molecule has 8 heteroatoms. The molecule has 0 spiro atoms. The fourth-order valence-corrected chi connectivity index (χ4v) is 2.99. The summed E-state index contributed by atoms with van der Waals surface area (Å²) in [5.74, 6) is -1.17. The standard InChI is InChI=1S/C19H16ClNO6/c1-25-13-7-5-11(20)9-12(13)21-18(23)16(17(22)19(21)24)10-4-6-14(26-2)15(8-10)27-3/h4-9,22H,1-3H3. The first-order valence-electron chi connectivity index (χ1n) is 7.80. The Balaban J connectivity index is 2.09. The van der Waals surface area contributed by atoms with Crippen molar-refractivity contribution >= 4 is 34.7 Å². The highest BCUT2D eigenvalue weighted by Gasteiger charge is 2.41. The van der Waals surface area contributed by atoms with Crippen LogP contribution < -0.4 is 19.1 Å². The smallest absolute Gasteiger partial charge is 0.301 e. The van der Waals surface area contributed by atoms with Crippen LogP contribution in [-0.2, 0) is 9.59 Å². The van der Waals surface area contributed by atoms with Gasteiger partial charge in [0.05, 0.1) is 32.6 Å². The first-order chi connectivity index (χ1) is 12.9. The number of carbonyl (C=O) groups excluding carboxylic acids is 2. The number of hydrogen-bond acceptors (Lipinski definition) is 6. The largest absolute Gasteiger partial charge is 0.502 e. The molecule has 0 atom stereocenters. The molecule has 0 fully saturated rings. The highest BCUT2D eigenvalue weighted by Crippen LogP contribution is 2.39. The quantitative estimate of drug-likeness (QED) is 0.790. The number of aliphatic hydroxyl groups is 1. The first kappa shape index (κ1) is 18.6. The van der Waals surface area contributed by atoms with Crippen molar-refractivity contribution < 1.29 is 28.9 Å². The van der Waals surface area contributed by atoms with Gasteiger partial charge in [-0.2, -0.15) is 0 Å². The zero-order valence-corrected chi connectivity index (χ0v) is 15.5. The van der Waals surface area contributed by atoms with E-state index in [-0.39, 0.29) is 17.0 Å². The summed E-state index contributed by atoms with van der Waals surface area (Å²) in [6.45, 7) is 0. The number of hydrogen-bond donors (Lipinski definition) is 1. The van der Waals surface area contributed by atoms with Crippen LogP contribution in [0.15, 0.2) is 42.2 Å². The summed E-state index contributed by atoms with van der Waals surface area (Å²) in [4.78, 5) is 26.4. The van der Waals surface area contributed by atoms with E-state index < -0.39 is 17.6 Å². The number of rotatable bonds is 5. The summed E-state index contributed by atoms with van der Waals surface area (Å²) in [7, 11) is 4.33. The third kappa shape index (κ3) is 3.06. The van der Waals surface area contributed by atoms with Crippen LogP contribution in [0.25, 0.3) is 5.57 Å². The molecule has 0 bridgehead atoms. The summed E-state index contributed by atoms with van der Waals surface area (Å²) in [6, 6.07) is 9.15. The molecule has 0 saturated carbocycles. The second-order valence-corrected chi connectivity index (χ2v) is 5.99. The molecule has 140 valence electrons. The van der Waals surface area contributed by atoms with E-state index in [9.17, 15) is 14.7 Å². The molecule has 0 unspecified atom stereocenters. The average molecular weight is 390 g/mol. The van der Waals surface area contributed by atoms with E-state index >= 15 is 0 Å². The molecule has 0 radical (unpaired) electrons. The van der Waals surface area contributed by atoms with Gasteiger partial charge in [-0.3, -0.25) is 9.59 Å². The molecule has 1 aliphatic heterocycles. The van der Waals surface area contributed by atoms with Crippen LogP contribution >= 0.6 is 11.6 Å². The van der Waals surface area contributed by atoms with Crippen molar-refractivity contribution in [2.24, 2.45) is 0 Å². The average Bonchev–Trinajstić information content (AvgIpc) is 2.89. The summed E-state index contributed by atoms with van der Waals surface area (Å²) < 4.78 is 15.6. The number of carbonyl (C=O) groups is 2. The molecule has 7 nitrogen and oxygen atoms in total. The van der Waals surface area contributed by atoms with Gasteiger partial charge in [-0.05, 0) is 35.9 Å². The van der Waals surface area contributed by atoms with Crippen LogP contribution in [0, 0.1) is 0 Å². The van der Waals surface area contributed by atoms with E-state index in [4.69, 9.17) is 25.8 Å². The number of nitrogens with zero attached hydrogens (tertiary/aromatic N) is 1. The lowest BCUT2D eigenvalue weighted by atomic mass is 10.0. The van der Waals surface area contributed by atoms with Gasteiger partial charge in [-0.1, -0.05) is 17.7 Å². The molecule has 3 rings (SSSR count). The minimum absolute atomic E-state index is 0.141. The van der Waals surface area contributed by atoms with Crippen LogP contribution in [0.1, 0.15) is 5.56 Å². The zero-order valence-electron chi connectivity index (χ0n) is 14.8. The van der Waals surface area contributed by atoms with Crippen molar-refractivity contribution in [1.82, 2.24) is 0 Å². The molecule has 0 saturated heterocycles. The Hall–Kier alpha value is -3.19. The maximum absolute atomic E-state index is 13.0. The Morgan fingerprint density at radius 2 is 1.48 bits per heavy atom. The normalized spacial score (nSPS) is 14.0. The molecule has 2 amide bonds. The fourth-order valence-electron chi connectivity index (χ4n) is 2.83. The molecule has 27 heavy (non-hydrogen) atoms. The van der Waals surface area contributed by atoms with Crippen molar-refractivity contribution in [2.45, 2.75) is 0 Å². The fraction of sp³-hybridized carbons (Fsp3) is 0.158. The second-order valence-electron chi connectivity index (χ2n) is 5.56. The molecule has 2 aromatic rings. The van der Waals surface area contributed by atoms with Crippen molar-refractivity contribution in [2.75, 3.05) is 26.2 Å². The number of anilines is 1. The minimum atomic E-state index is -0.870. The van der Waals surface area contributed by atoms with E-state index in [2.05, 4.69) is 0 Å². The maximum atomic E-state index is 13.0. The van der Waals surface area contributed by atoms with Gasteiger partial charge >= 0.3 is 5.91 Å². The van der Waals surface area contributed by atoms with E-state index in [0.29, 0.717) is 22.1 Å². The van der Waals surface area contributed by atoms with Crippen LogP contribution in [0.3, 0.4) is 0 Å². The molecule has 1 N–H and O–H groups in total. The van der Waals surface area contributed by atoms with E-state index in [1.807, 2.05) is 0 Å². The van der Waals surface area contributed by atoms with E-state index in [1.54, 1.807) is 18.2 Å². The van der Waals surface area contributed by atoms with Crippen molar-refractivity contribution in [3.63, 3.8) is 0 Å². The molecule has 2 aromatic carbocycles. The number of benzene rings is 2. The predicted octanol–water partition coefficient (Wildman–Crippen LogP) is 3.21. The van der Waals surface area contributed by atoms with Gasteiger partial charge in [0.15, 0.2) is 17.3 Å². The maximum Gasteiger partial charge on any atom is 0.301 e. The first-order valence-corrected chi connectivity index (χ1v) is 8.18. The molecule has 1 aliphatic rings. The minimum Gasteiger partial charge on any atom is -0.502 e. The van der Waals surface area contributed by atoms with Gasteiger partial charge in [-0.15, -0.1) is 0 Å². The Morgan fingerprint density at radius 3 is 2.11 bits per heavy atom. The number of ether oxygens (including phenoxy) is 3. The summed E-state index contributed by atoms with van der Waals surface area (Å²) in [5.41, 5.74) is 0.303. The van der Waals surface area contributed by atoms with Gasteiger partial charge in [0, 0.05) is 5.02 Å². The lowest BCUT2D eigenvalue weighted by Crippen LogP contribution is -2.31. The second kappa shape index (κ2) is 7.20. The van der Waals surface area contributed by atoms with Crippen LogP contribution in [0.2, 0.25) is 5.02 Å². The molecule has 1 heterocycles. The Bertz CT molecular complexity index is 969. The zero-order chi connectivity index (χ0) is 19.7. The number of aliphatic hydroxyl groups excluding tert-OH is 1. The lowest BCUT2D eigenvalue weighted by Gasteiger charge is -2.18. The van der Waals surface area contributed by atoms with Gasteiger partial charge in [-0.25, -0.2) is 4.90 Å². The molecular formula is C19H16ClNO6. The van der Waals surface area contributed by atoms with Gasteiger partial charge in [0.25, 0.3) is 5.91 Å². The molecular weight excluding hydrogens is 374 g/mol. The van der Waals surface area contributed by atoms with Crippen LogP contribution in [-0.4, -0.2) is 38.3 Å². The third-order valence-corrected chi connectivity index (χ3v) is 4.35. The monoisotopic (exact) mass is 389 g/mol. The SMILES string of the molecule is COc1ccc(C2=C(O)C(=O)N(c3cc(Cl)ccc3OC)C2=O)cc1OC. The summed E-state index contributed by atoms with van der Waals surface area (Å²) >= 11 is 6.00. The Morgan fingerprint density at radius 1 is 0.852 bits per heavy atom. The van der Waals surface area contributed by atoms with Crippen LogP contribution in [0.5, 0.6) is 17.2 Å². The highest BCUT2D eigenvalue weighted by atomic mass is 35.5. The van der Waals surface area contributed by atoms with Crippen LogP contribution in [0.4, 0.5) is 5.69 Å². The Labute approximate surface area is 160 Å². The topological polar surface area (TPSA) is 85.3 Å². The van der Waals surface area contributed by atoms with Gasteiger partial charge in [0.2, 0.25) is 0 Å². The van der Waals surface area contributed by atoms with Gasteiger partial charge in [0.1, 0.15) is 5.75 Å². The number of halogens is 1. The molecule has 0 aliphatic carbocycles. The lowest BCUT2D eigenvalue weighted by molar-refractivity contribution is -0.121. The number of methoxy groups -OCH3 is 3. The van der Waals surface area contributed by atoms with Crippen molar-refractivity contribution in [3.8, 4) is 17.2 Å². The summed E-state index contributed by atoms with van der Waals surface area (Å²) in [6.07, 6.45) is 0. The number of imide groups is 1. The van der Waals surface area contributed by atoms with E-state index in [0.717, 1.165) is 4.90 Å². The van der Waals surface area contributed by atoms with Crippen molar-refractivity contribution in [1.29, 1.82) is 0 Å². The third-order valence-electron chi connectivity index (χ3n) is 4.11.